The van der Waals surface area contributed by atoms with Gasteiger partial charge in [-0.05, 0) is 31.6 Å². The molecule has 94 valence electrons. The average molecular weight is 228 g/mol. The van der Waals surface area contributed by atoms with Crippen molar-refractivity contribution in [3.63, 3.8) is 0 Å². The molecule has 16 heavy (non-hydrogen) atoms. The summed E-state index contributed by atoms with van der Waals surface area (Å²) in [7, 11) is 1.76. The minimum atomic E-state index is 0.0725. The summed E-state index contributed by atoms with van der Waals surface area (Å²) in [6.45, 7) is 0.966. The zero-order valence-corrected chi connectivity index (χ0v) is 10.1. The van der Waals surface area contributed by atoms with Crippen molar-refractivity contribution in [3.05, 3.63) is 0 Å². The Hall–Kier alpha value is -0.160. The lowest BCUT2D eigenvalue weighted by molar-refractivity contribution is -0.0339. The molecule has 4 heteroatoms. The van der Waals surface area contributed by atoms with Crippen molar-refractivity contribution in [3.8, 4) is 0 Å². The maximum atomic E-state index is 9.30. The van der Waals surface area contributed by atoms with Gasteiger partial charge in [0, 0.05) is 31.8 Å². The highest BCUT2D eigenvalue weighted by atomic mass is 16.5. The molecule has 0 radical (unpaired) electrons. The van der Waals surface area contributed by atoms with Crippen LogP contribution < -0.4 is 11.1 Å². The van der Waals surface area contributed by atoms with Crippen LogP contribution in [-0.4, -0.2) is 43.1 Å². The number of nitrogens with two attached hydrogens (primary N) is 1. The molecule has 0 heterocycles. The van der Waals surface area contributed by atoms with Crippen molar-refractivity contribution >= 4 is 0 Å². The molecule has 2 unspecified atom stereocenters. The lowest BCUT2D eigenvalue weighted by Gasteiger charge is -2.49. The number of nitrogens with one attached hydrogen (secondary N) is 1. The zero-order valence-electron chi connectivity index (χ0n) is 10.1. The van der Waals surface area contributed by atoms with E-state index in [2.05, 4.69) is 5.32 Å². The van der Waals surface area contributed by atoms with Crippen molar-refractivity contribution in [2.75, 3.05) is 20.3 Å². The molecule has 0 amide bonds. The Balaban J connectivity index is 1.87. The van der Waals surface area contributed by atoms with E-state index < -0.39 is 0 Å². The molecule has 2 fully saturated rings. The number of rotatable bonds is 5. The van der Waals surface area contributed by atoms with Crippen LogP contribution in [-0.2, 0) is 4.74 Å². The summed E-state index contributed by atoms with van der Waals surface area (Å²) >= 11 is 0. The summed E-state index contributed by atoms with van der Waals surface area (Å²) in [5, 5.41) is 13.0. The van der Waals surface area contributed by atoms with Gasteiger partial charge in [0.2, 0.25) is 0 Å². The largest absolute Gasteiger partial charge is 0.396 e. The number of methoxy groups -OCH3 is 1. The van der Waals surface area contributed by atoms with E-state index in [1.165, 1.54) is 12.8 Å². The fourth-order valence-electron chi connectivity index (χ4n) is 3.16. The Morgan fingerprint density at radius 2 is 2.19 bits per heavy atom. The molecule has 4 N–H and O–H groups in total. The quantitative estimate of drug-likeness (QED) is 0.631. The highest BCUT2D eigenvalue weighted by molar-refractivity contribution is 5.05. The van der Waals surface area contributed by atoms with Crippen LogP contribution in [0.25, 0.3) is 0 Å². The third kappa shape index (κ3) is 2.25. The summed E-state index contributed by atoms with van der Waals surface area (Å²) in [5.41, 5.74) is 5.94. The summed E-state index contributed by atoms with van der Waals surface area (Å²) in [6.07, 6.45) is 5.92. The number of aliphatic hydroxyl groups is 1. The molecule has 2 atom stereocenters. The Morgan fingerprint density at radius 3 is 2.75 bits per heavy atom. The Morgan fingerprint density at radius 1 is 1.44 bits per heavy atom. The number of aliphatic hydroxyl groups excluding tert-OH is 1. The van der Waals surface area contributed by atoms with Gasteiger partial charge in [-0.15, -0.1) is 0 Å². The van der Waals surface area contributed by atoms with Gasteiger partial charge >= 0.3 is 0 Å². The molecule has 2 rings (SSSR count). The highest BCUT2D eigenvalue weighted by Gasteiger charge is 2.45. The van der Waals surface area contributed by atoms with Gasteiger partial charge in [-0.2, -0.15) is 0 Å². The summed E-state index contributed by atoms with van der Waals surface area (Å²) in [5.74, 6) is 0.421. The summed E-state index contributed by atoms with van der Waals surface area (Å²) < 4.78 is 5.32. The summed E-state index contributed by atoms with van der Waals surface area (Å²) in [6, 6.07) is 0.450. The van der Waals surface area contributed by atoms with Gasteiger partial charge in [-0.3, -0.25) is 0 Å². The Bertz CT molecular complexity index is 229. The maximum absolute atomic E-state index is 9.30. The fraction of sp³-hybridized carbons (Fsp3) is 1.00. The van der Waals surface area contributed by atoms with Crippen LogP contribution in [0.4, 0.5) is 0 Å². The molecule has 0 aliphatic heterocycles. The molecule has 2 aliphatic carbocycles. The highest BCUT2D eigenvalue weighted by Crippen LogP contribution is 2.36. The molecule has 0 aromatic rings. The molecule has 0 spiro atoms. The van der Waals surface area contributed by atoms with Crippen LogP contribution in [0.5, 0.6) is 0 Å². The van der Waals surface area contributed by atoms with E-state index in [1.54, 1.807) is 7.11 Å². The second-order valence-electron chi connectivity index (χ2n) is 5.37. The van der Waals surface area contributed by atoms with Crippen molar-refractivity contribution in [2.24, 2.45) is 11.7 Å². The Kier molecular flexibility index (Phi) is 3.85. The molecule has 0 bridgehead atoms. The first-order valence-electron chi connectivity index (χ1n) is 6.34. The molecule has 2 aliphatic rings. The van der Waals surface area contributed by atoms with Crippen LogP contribution in [0.3, 0.4) is 0 Å². The summed E-state index contributed by atoms with van der Waals surface area (Å²) in [4.78, 5) is 0. The second kappa shape index (κ2) is 5.00. The van der Waals surface area contributed by atoms with Crippen molar-refractivity contribution in [2.45, 2.75) is 49.8 Å². The van der Waals surface area contributed by atoms with Crippen LogP contribution >= 0.6 is 0 Å². The van der Waals surface area contributed by atoms with Gasteiger partial charge in [0.15, 0.2) is 0 Å². The maximum Gasteiger partial charge on any atom is 0.0607 e. The SMILES string of the molecule is COC1CC(CN)(NC2CCCC2CO)C1. The third-order valence-corrected chi connectivity index (χ3v) is 4.35. The first-order valence-corrected chi connectivity index (χ1v) is 6.34. The smallest absolute Gasteiger partial charge is 0.0607 e. The lowest BCUT2D eigenvalue weighted by Crippen LogP contribution is -2.65. The minimum Gasteiger partial charge on any atom is -0.396 e. The normalized spacial score (nSPS) is 43.3. The van der Waals surface area contributed by atoms with E-state index in [9.17, 15) is 5.11 Å². The monoisotopic (exact) mass is 228 g/mol. The van der Waals surface area contributed by atoms with E-state index in [0.29, 0.717) is 31.2 Å². The van der Waals surface area contributed by atoms with E-state index in [-0.39, 0.29) is 5.54 Å². The standard InChI is InChI=1S/C12H24N2O2/c1-16-10-5-12(6-10,8-13)14-11-4-2-3-9(11)7-15/h9-11,14-15H,2-8,13H2,1H3. The van der Waals surface area contributed by atoms with E-state index in [4.69, 9.17) is 10.5 Å². The molecule has 0 saturated heterocycles. The number of hydrogen-bond acceptors (Lipinski definition) is 4. The average Bonchev–Trinajstić information content (AvgIpc) is 2.69. The zero-order chi connectivity index (χ0) is 11.6. The first-order chi connectivity index (χ1) is 7.73. The Labute approximate surface area is 97.5 Å². The third-order valence-electron chi connectivity index (χ3n) is 4.35. The van der Waals surface area contributed by atoms with Gasteiger partial charge < -0.3 is 20.9 Å². The van der Waals surface area contributed by atoms with E-state index in [1.807, 2.05) is 0 Å². The minimum absolute atomic E-state index is 0.0725. The van der Waals surface area contributed by atoms with Crippen LogP contribution in [0.15, 0.2) is 0 Å². The van der Waals surface area contributed by atoms with Crippen LogP contribution in [0.1, 0.15) is 32.1 Å². The second-order valence-corrected chi connectivity index (χ2v) is 5.37. The molecular formula is C12H24N2O2. The van der Waals surface area contributed by atoms with E-state index in [0.717, 1.165) is 19.3 Å². The lowest BCUT2D eigenvalue weighted by atomic mass is 9.73. The topological polar surface area (TPSA) is 67.5 Å². The number of hydrogen-bond donors (Lipinski definition) is 3. The van der Waals surface area contributed by atoms with Gasteiger partial charge in [-0.1, -0.05) is 6.42 Å². The molecule has 0 aromatic heterocycles. The molecule has 0 aromatic carbocycles. The van der Waals surface area contributed by atoms with Gasteiger partial charge in [0.1, 0.15) is 0 Å². The number of ether oxygens (including phenoxy) is 1. The van der Waals surface area contributed by atoms with Crippen molar-refractivity contribution < 1.29 is 9.84 Å². The van der Waals surface area contributed by atoms with Crippen LogP contribution in [0, 0.1) is 5.92 Å². The molecular weight excluding hydrogens is 204 g/mol. The van der Waals surface area contributed by atoms with Crippen molar-refractivity contribution in [1.82, 2.24) is 5.32 Å². The predicted octanol–water partition coefficient (Wildman–Crippen LogP) is 0.243. The predicted molar refractivity (Wildman–Crippen MR) is 63.2 cm³/mol. The molecule has 4 nitrogen and oxygen atoms in total. The molecule has 2 saturated carbocycles. The van der Waals surface area contributed by atoms with Gasteiger partial charge in [0.25, 0.3) is 0 Å². The van der Waals surface area contributed by atoms with Crippen molar-refractivity contribution in [1.29, 1.82) is 0 Å². The fourth-order valence-corrected chi connectivity index (χ4v) is 3.16. The van der Waals surface area contributed by atoms with Gasteiger partial charge in [-0.25, -0.2) is 0 Å². The van der Waals surface area contributed by atoms with Crippen LogP contribution in [0.2, 0.25) is 0 Å². The first kappa shape index (κ1) is 12.3. The van der Waals surface area contributed by atoms with Gasteiger partial charge in [0.05, 0.1) is 6.10 Å². The van der Waals surface area contributed by atoms with E-state index >= 15 is 0 Å².